The van der Waals surface area contributed by atoms with Crippen LogP contribution in [-0.2, 0) is 0 Å². The van der Waals surface area contributed by atoms with Gasteiger partial charge in [0, 0.05) is 10.6 Å². The molecule has 4 nitrogen and oxygen atoms in total. The molecule has 0 unspecified atom stereocenters. The lowest BCUT2D eigenvalue weighted by molar-refractivity contribution is -0.0127. The van der Waals surface area contributed by atoms with Crippen molar-refractivity contribution in [3.8, 4) is 5.75 Å². The monoisotopic (exact) mass is 334 g/mol. The summed E-state index contributed by atoms with van der Waals surface area (Å²) in [7, 11) is 1.59. The molecule has 2 N–H and O–H groups in total. The molecule has 0 aromatic heterocycles. The van der Waals surface area contributed by atoms with Crippen molar-refractivity contribution < 1.29 is 9.53 Å². The van der Waals surface area contributed by atoms with Crippen LogP contribution in [0.2, 0.25) is 5.02 Å². The van der Waals surface area contributed by atoms with Crippen LogP contribution in [0.4, 0.5) is 10.5 Å². The number of amides is 2. The van der Waals surface area contributed by atoms with Crippen molar-refractivity contribution >= 4 is 23.3 Å². The predicted octanol–water partition coefficient (Wildman–Crippen LogP) is 4.44. The summed E-state index contributed by atoms with van der Waals surface area (Å²) in [5.41, 5.74) is 0.618. The second-order valence-electron chi connectivity index (χ2n) is 7.62. The van der Waals surface area contributed by atoms with Gasteiger partial charge in [-0.05, 0) is 74.5 Å². The molecule has 4 fully saturated rings. The lowest BCUT2D eigenvalue weighted by Gasteiger charge is -2.56. The van der Waals surface area contributed by atoms with Crippen molar-refractivity contribution in [3.63, 3.8) is 0 Å². The number of urea groups is 1. The van der Waals surface area contributed by atoms with E-state index in [1.54, 1.807) is 25.3 Å². The number of hydrogen-bond acceptors (Lipinski definition) is 2. The molecule has 1 aromatic carbocycles. The van der Waals surface area contributed by atoms with E-state index >= 15 is 0 Å². The van der Waals surface area contributed by atoms with E-state index in [4.69, 9.17) is 16.3 Å². The maximum atomic E-state index is 12.6. The number of anilines is 1. The van der Waals surface area contributed by atoms with Crippen molar-refractivity contribution in [3.05, 3.63) is 23.2 Å². The summed E-state index contributed by atoms with van der Waals surface area (Å²) in [6.07, 6.45) is 7.51. The Kier molecular flexibility index (Phi) is 3.67. The van der Waals surface area contributed by atoms with Crippen LogP contribution in [0.5, 0.6) is 5.75 Å². The van der Waals surface area contributed by atoms with Crippen LogP contribution in [0.1, 0.15) is 38.5 Å². The Hall–Kier alpha value is -1.42. The summed E-state index contributed by atoms with van der Waals surface area (Å²) in [5, 5.41) is 6.79. The molecule has 23 heavy (non-hydrogen) atoms. The minimum Gasteiger partial charge on any atom is -0.495 e. The van der Waals surface area contributed by atoms with Gasteiger partial charge in [0.2, 0.25) is 0 Å². The molecule has 0 saturated heterocycles. The summed E-state index contributed by atoms with van der Waals surface area (Å²) in [6, 6.07) is 5.10. The summed E-state index contributed by atoms with van der Waals surface area (Å²) in [5.74, 6) is 3.04. The Labute approximate surface area is 141 Å². The van der Waals surface area contributed by atoms with E-state index in [0.717, 1.165) is 37.0 Å². The molecule has 0 spiro atoms. The summed E-state index contributed by atoms with van der Waals surface area (Å²) >= 11 is 6.03. The molecule has 5 heteroatoms. The number of hydrogen-bond donors (Lipinski definition) is 2. The zero-order valence-corrected chi connectivity index (χ0v) is 14.2. The van der Waals surface area contributed by atoms with E-state index in [1.165, 1.54) is 19.3 Å². The van der Waals surface area contributed by atoms with Crippen LogP contribution >= 0.6 is 11.6 Å². The zero-order chi connectivity index (χ0) is 16.0. The first-order chi connectivity index (χ1) is 11.0. The van der Waals surface area contributed by atoms with Gasteiger partial charge < -0.3 is 15.4 Å². The van der Waals surface area contributed by atoms with Gasteiger partial charge in [-0.25, -0.2) is 4.79 Å². The van der Waals surface area contributed by atoms with Crippen molar-refractivity contribution in [2.45, 2.75) is 44.1 Å². The van der Waals surface area contributed by atoms with E-state index in [1.807, 2.05) is 0 Å². The fourth-order valence-corrected chi connectivity index (χ4v) is 5.61. The predicted molar refractivity (Wildman–Crippen MR) is 91.1 cm³/mol. The summed E-state index contributed by atoms with van der Waals surface area (Å²) in [6.45, 7) is 0. The van der Waals surface area contributed by atoms with Gasteiger partial charge in [0.05, 0.1) is 12.8 Å². The highest BCUT2D eigenvalue weighted by molar-refractivity contribution is 6.31. The largest absolute Gasteiger partial charge is 0.495 e. The fraction of sp³-hybridized carbons (Fsp3) is 0.611. The van der Waals surface area contributed by atoms with Crippen LogP contribution in [-0.4, -0.2) is 18.7 Å². The van der Waals surface area contributed by atoms with Crippen molar-refractivity contribution in [2.75, 3.05) is 12.4 Å². The highest BCUT2D eigenvalue weighted by atomic mass is 35.5. The van der Waals surface area contributed by atoms with Crippen LogP contribution in [0.3, 0.4) is 0 Å². The number of halogens is 1. The Bertz CT molecular complexity index is 596. The Morgan fingerprint density at radius 3 is 2.35 bits per heavy atom. The third-order valence-electron chi connectivity index (χ3n) is 5.83. The lowest BCUT2D eigenvalue weighted by atomic mass is 9.53. The topological polar surface area (TPSA) is 50.4 Å². The molecule has 5 rings (SSSR count). The second-order valence-corrected chi connectivity index (χ2v) is 8.06. The second kappa shape index (κ2) is 5.59. The molecule has 4 aliphatic carbocycles. The molecule has 4 aliphatic rings. The van der Waals surface area contributed by atoms with Gasteiger partial charge in [0.15, 0.2) is 0 Å². The quantitative estimate of drug-likeness (QED) is 0.858. The van der Waals surface area contributed by atoms with Gasteiger partial charge in [0.1, 0.15) is 5.75 Å². The van der Waals surface area contributed by atoms with Crippen molar-refractivity contribution in [1.29, 1.82) is 0 Å². The number of carbonyl (C=O) groups excluding carboxylic acids is 1. The van der Waals surface area contributed by atoms with E-state index in [0.29, 0.717) is 16.5 Å². The SMILES string of the molecule is COc1ccc(Cl)cc1NC(=O)NC12CC3CC(CC(C3)C1)C2. The highest BCUT2D eigenvalue weighted by Crippen LogP contribution is 2.55. The molecule has 0 heterocycles. The van der Waals surface area contributed by atoms with Crippen LogP contribution in [0.25, 0.3) is 0 Å². The molecule has 0 radical (unpaired) electrons. The number of methoxy groups -OCH3 is 1. The van der Waals surface area contributed by atoms with Crippen molar-refractivity contribution in [2.24, 2.45) is 17.8 Å². The Balaban J connectivity index is 1.47. The van der Waals surface area contributed by atoms with Crippen LogP contribution in [0.15, 0.2) is 18.2 Å². The number of carbonyl (C=O) groups is 1. The molecular formula is C18H23ClN2O2. The first-order valence-corrected chi connectivity index (χ1v) is 8.86. The maximum absolute atomic E-state index is 12.6. The van der Waals surface area contributed by atoms with Gasteiger partial charge in [-0.15, -0.1) is 0 Å². The average molecular weight is 335 g/mol. The van der Waals surface area contributed by atoms with E-state index in [-0.39, 0.29) is 11.6 Å². The van der Waals surface area contributed by atoms with E-state index in [9.17, 15) is 4.79 Å². The zero-order valence-electron chi connectivity index (χ0n) is 13.4. The van der Waals surface area contributed by atoms with Gasteiger partial charge in [0.25, 0.3) is 0 Å². The first kappa shape index (κ1) is 15.1. The number of rotatable bonds is 3. The van der Waals surface area contributed by atoms with E-state index < -0.39 is 0 Å². The molecule has 124 valence electrons. The fourth-order valence-electron chi connectivity index (χ4n) is 5.44. The molecule has 0 atom stereocenters. The third kappa shape index (κ3) is 2.89. The Morgan fingerprint density at radius 1 is 1.17 bits per heavy atom. The number of nitrogens with one attached hydrogen (secondary N) is 2. The molecule has 0 aliphatic heterocycles. The van der Waals surface area contributed by atoms with Gasteiger partial charge in [-0.2, -0.15) is 0 Å². The van der Waals surface area contributed by atoms with Gasteiger partial charge >= 0.3 is 6.03 Å². The van der Waals surface area contributed by atoms with E-state index in [2.05, 4.69) is 10.6 Å². The summed E-state index contributed by atoms with van der Waals surface area (Å²) in [4.78, 5) is 12.6. The molecule has 2 amide bonds. The van der Waals surface area contributed by atoms with Gasteiger partial charge in [-0.1, -0.05) is 11.6 Å². The average Bonchev–Trinajstić information content (AvgIpc) is 2.45. The van der Waals surface area contributed by atoms with Gasteiger partial charge in [-0.3, -0.25) is 0 Å². The lowest BCUT2D eigenvalue weighted by Crippen LogP contribution is -2.60. The molecule has 1 aromatic rings. The highest BCUT2D eigenvalue weighted by Gasteiger charge is 2.51. The number of ether oxygens (including phenoxy) is 1. The minimum atomic E-state index is -0.146. The molecular weight excluding hydrogens is 312 g/mol. The van der Waals surface area contributed by atoms with Crippen molar-refractivity contribution in [1.82, 2.24) is 5.32 Å². The standard InChI is InChI=1S/C18H23ClN2O2/c1-23-16-3-2-14(19)7-15(16)20-17(22)21-18-8-11-4-12(9-18)6-13(5-11)10-18/h2-3,7,11-13H,4-6,8-10H2,1H3,(H2,20,21,22). The first-order valence-electron chi connectivity index (χ1n) is 8.48. The Morgan fingerprint density at radius 2 is 1.78 bits per heavy atom. The smallest absolute Gasteiger partial charge is 0.319 e. The normalized spacial score (nSPS) is 34.3. The minimum absolute atomic E-state index is 0.00461. The molecule has 4 saturated carbocycles. The summed E-state index contributed by atoms with van der Waals surface area (Å²) < 4.78 is 5.29. The molecule has 4 bridgehead atoms. The van der Waals surface area contributed by atoms with Crippen LogP contribution in [0, 0.1) is 17.8 Å². The maximum Gasteiger partial charge on any atom is 0.319 e. The third-order valence-corrected chi connectivity index (χ3v) is 6.06. The number of benzene rings is 1. The van der Waals surface area contributed by atoms with Crippen LogP contribution < -0.4 is 15.4 Å².